The Labute approximate surface area is 168 Å². The molecule has 0 unspecified atom stereocenters. The summed E-state index contributed by atoms with van der Waals surface area (Å²) in [7, 11) is 0. The second-order valence-corrected chi connectivity index (χ2v) is 6.71. The van der Waals surface area contributed by atoms with Gasteiger partial charge in [0.2, 0.25) is 0 Å². The largest absolute Gasteiger partial charge is 0.416 e. The van der Waals surface area contributed by atoms with Crippen LogP contribution in [0.25, 0.3) is 16.9 Å². The number of halogens is 4. The van der Waals surface area contributed by atoms with E-state index in [9.17, 15) is 18.0 Å². The van der Waals surface area contributed by atoms with Crippen LogP contribution in [0.15, 0.2) is 72.9 Å². The zero-order valence-corrected chi connectivity index (χ0v) is 15.5. The number of pyridine rings is 1. The van der Waals surface area contributed by atoms with Gasteiger partial charge in [0.1, 0.15) is 17.2 Å². The van der Waals surface area contributed by atoms with E-state index in [1.54, 1.807) is 47.0 Å². The zero-order valence-electron chi connectivity index (χ0n) is 14.7. The van der Waals surface area contributed by atoms with Gasteiger partial charge in [-0.15, -0.1) is 0 Å². The molecule has 1 amide bonds. The number of aromatic nitrogens is 2. The lowest BCUT2D eigenvalue weighted by molar-refractivity contribution is -0.137. The fourth-order valence-electron chi connectivity index (χ4n) is 2.91. The topological polar surface area (TPSA) is 46.4 Å². The maximum atomic E-state index is 12.7. The summed E-state index contributed by atoms with van der Waals surface area (Å²) in [5.41, 5.74) is 1.16. The average molecular weight is 416 g/mol. The summed E-state index contributed by atoms with van der Waals surface area (Å²) in [6, 6.07) is 16.4. The number of anilines is 1. The monoisotopic (exact) mass is 415 g/mol. The predicted molar refractivity (Wildman–Crippen MR) is 105 cm³/mol. The molecule has 0 radical (unpaired) electrons. The van der Waals surface area contributed by atoms with E-state index in [1.807, 2.05) is 6.07 Å². The van der Waals surface area contributed by atoms with Crippen molar-refractivity contribution in [1.29, 1.82) is 0 Å². The highest BCUT2D eigenvalue weighted by Gasteiger charge is 2.30. The SMILES string of the molecule is O=C(Nc1c(-c2ccc(Cl)cc2)nc2ccccn12)c1ccc(C(F)(F)F)cc1. The summed E-state index contributed by atoms with van der Waals surface area (Å²) in [6.07, 6.45) is -2.72. The van der Waals surface area contributed by atoms with E-state index < -0.39 is 17.6 Å². The summed E-state index contributed by atoms with van der Waals surface area (Å²) in [5.74, 6) is -0.132. The highest BCUT2D eigenvalue weighted by atomic mass is 35.5. The van der Waals surface area contributed by atoms with Crippen molar-refractivity contribution in [3.63, 3.8) is 0 Å². The first-order chi connectivity index (χ1) is 13.8. The molecule has 0 aliphatic heterocycles. The maximum Gasteiger partial charge on any atom is 0.416 e. The van der Waals surface area contributed by atoms with Gasteiger partial charge in [-0.25, -0.2) is 4.98 Å². The summed E-state index contributed by atoms with van der Waals surface area (Å²) >= 11 is 5.95. The van der Waals surface area contributed by atoms with Crippen LogP contribution in [0.1, 0.15) is 15.9 Å². The number of nitrogens with zero attached hydrogens (tertiary/aromatic N) is 2. The smallest absolute Gasteiger partial charge is 0.306 e. The summed E-state index contributed by atoms with van der Waals surface area (Å²) < 4.78 is 39.9. The molecule has 2 aromatic carbocycles. The third-order valence-corrected chi connectivity index (χ3v) is 4.61. The molecule has 0 spiro atoms. The van der Waals surface area contributed by atoms with E-state index in [2.05, 4.69) is 10.3 Å². The predicted octanol–water partition coefficient (Wildman–Crippen LogP) is 5.93. The first-order valence-corrected chi connectivity index (χ1v) is 8.92. The van der Waals surface area contributed by atoms with E-state index in [1.165, 1.54) is 0 Å². The Bertz CT molecular complexity index is 1180. The van der Waals surface area contributed by atoms with Crippen LogP contribution < -0.4 is 5.32 Å². The molecule has 0 bridgehead atoms. The maximum absolute atomic E-state index is 12.7. The van der Waals surface area contributed by atoms with Crippen LogP contribution in [0.3, 0.4) is 0 Å². The third-order valence-electron chi connectivity index (χ3n) is 4.35. The average Bonchev–Trinajstić information content (AvgIpc) is 3.06. The molecule has 4 nitrogen and oxygen atoms in total. The van der Waals surface area contributed by atoms with Gasteiger partial charge in [0.25, 0.3) is 5.91 Å². The van der Waals surface area contributed by atoms with Crippen LogP contribution in [0.2, 0.25) is 5.02 Å². The van der Waals surface area contributed by atoms with E-state index in [0.29, 0.717) is 22.2 Å². The summed E-state index contributed by atoms with van der Waals surface area (Å²) in [4.78, 5) is 17.3. The first kappa shape index (κ1) is 19.0. The Morgan fingerprint density at radius 3 is 2.31 bits per heavy atom. The fourth-order valence-corrected chi connectivity index (χ4v) is 3.04. The molecule has 1 N–H and O–H groups in total. The molecule has 2 heterocycles. The van der Waals surface area contributed by atoms with E-state index in [0.717, 1.165) is 29.8 Å². The minimum absolute atomic E-state index is 0.103. The lowest BCUT2D eigenvalue weighted by Crippen LogP contribution is -2.14. The molecule has 146 valence electrons. The molecular formula is C21H13ClF3N3O. The Morgan fingerprint density at radius 2 is 1.66 bits per heavy atom. The van der Waals surface area contributed by atoms with Crippen molar-refractivity contribution in [2.75, 3.05) is 5.32 Å². The molecule has 4 rings (SSSR count). The van der Waals surface area contributed by atoms with Crippen LogP contribution in [0, 0.1) is 0 Å². The Kier molecular flexibility index (Phi) is 4.76. The van der Waals surface area contributed by atoms with Crippen molar-refractivity contribution < 1.29 is 18.0 Å². The van der Waals surface area contributed by atoms with Gasteiger partial charge >= 0.3 is 6.18 Å². The molecule has 29 heavy (non-hydrogen) atoms. The van der Waals surface area contributed by atoms with Gasteiger partial charge in [-0.05, 0) is 48.5 Å². The zero-order chi connectivity index (χ0) is 20.6. The second-order valence-electron chi connectivity index (χ2n) is 6.27. The molecule has 0 saturated heterocycles. The second kappa shape index (κ2) is 7.25. The van der Waals surface area contributed by atoms with Crippen molar-refractivity contribution in [3.8, 4) is 11.3 Å². The molecule has 0 atom stereocenters. The van der Waals surface area contributed by atoms with Crippen LogP contribution in [0.4, 0.5) is 19.0 Å². The van der Waals surface area contributed by atoms with E-state index in [4.69, 9.17) is 11.6 Å². The van der Waals surface area contributed by atoms with Gasteiger partial charge in [0, 0.05) is 22.3 Å². The summed E-state index contributed by atoms with van der Waals surface area (Å²) in [6.45, 7) is 0. The molecule has 0 aliphatic rings. The van der Waals surface area contributed by atoms with Crippen molar-refractivity contribution in [3.05, 3.63) is 89.1 Å². The standard InChI is InChI=1S/C21H13ClF3N3O/c22-16-10-6-13(7-11-16)18-19(28-12-2-1-3-17(28)26-18)27-20(29)14-4-8-15(9-5-14)21(23,24)25/h1-12H,(H,27,29). The Hall–Kier alpha value is -3.32. The number of nitrogens with one attached hydrogen (secondary N) is 1. The van der Waals surface area contributed by atoms with Gasteiger partial charge in [0.05, 0.1) is 5.56 Å². The van der Waals surface area contributed by atoms with Crippen LogP contribution >= 0.6 is 11.6 Å². The van der Waals surface area contributed by atoms with Crippen molar-refractivity contribution in [2.24, 2.45) is 0 Å². The van der Waals surface area contributed by atoms with Crippen molar-refractivity contribution in [1.82, 2.24) is 9.38 Å². The third kappa shape index (κ3) is 3.82. The quantitative estimate of drug-likeness (QED) is 0.451. The van der Waals surface area contributed by atoms with Gasteiger partial charge in [-0.3, -0.25) is 9.20 Å². The minimum atomic E-state index is -4.46. The van der Waals surface area contributed by atoms with Crippen LogP contribution in [-0.4, -0.2) is 15.3 Å². The van der Waals surface area contributed by atoms with Crippen LogP contribution in [-0.2, 0) is 6.18 Å². The highest BCUT2D eigenvalue weighted by Crippen LogP contribution is 2.31. The number of benzene rings is 2. The molecule has 4 aromatic rings. The number of carbonyl (C=O) groups is 1. The number of hydrogen-bond donors (Lipinski definition) is 1. The number of alkyl halides is 3. The van der Waals surface area contributed by atoms with Crippen LogP contribution in [0.5, 0.6) is 0 Å². The van der Waals surface area contributed by atoms with E-state index >= 15 is 0 Å². The number of amides is 1. The number of carbonyl (C=O) groups excluding carboxylic acids is 1. The van der Waals surface area contributed by atoms with Gasteiger partial charge in [0.15, 0.2) is 0 Å². The van der Waals surface area contributed by atoms with Gasteiger partial charge < -0.3 is 5.32 Å². The molecule has 2 aromatic heterocycles. The van der Waals surface area contributed by atoms with Crippen molar-refractivity contribution >= 4 is 29.0 Å². The number of rotatable bonds is 3. The molecule has 0 fully saturated rings. The Morgan fingerprint density at radius 1 is 0.966 bits per heavy atom. The molecular weight excluding hydrogens is 403 g/mol. The number of hydrogen-bond acceptors (Lipinski definition) is 2. The molecule has 8 heteroatoms. The minimum Gasteiger partial charge on any atom is -0.306 e. The number of fused-ring (bicyclic) bond motifs is 1. The normalized spacial score (nSPS) is 11.6. The van der Waals surface area contributed by atoms with Crippen molar-refractivity contribution in [2.45, 2.75) is 6.18 Å². The van der Waals surface area contributed by atoms with Gasteiger partial charge in [-0.1, -0.05) is 29.8 Å². The number of imidazole rings is 1. The fraction of sp³-hybridized carbons (Fsp3) is 0.0476. The molecule has 0 saturated carbocycles. The Balaban J connectivity index is 1.72. The first-order valence-electron chi connectivity index (χ1n) is 8.54. The highest BCUT2D eigenvalue weighted by molar-refractivity contribution is 6.30. The molecule has 0 aliphatic carbocycles. The van der Waals surface area contributed by atoms with Gasteiger partial charge in [-0.2, -0.15) is 13.2 Å². The lowest BCUT2D eigenvalue weighted by atomic mass is 10.1. The summed E-state index contributed by atoms with van der Waals surface area (Å²) in [5, 5.41) is 3.33. The lowest BCUT2D eigenvalue weighted by Gasteiger charge is -2.10. The van der Waals surface area contributed by atoms with E-state index in [-0.39, 0.29) is 5.56 Å².